The summed E-state index contributed by atoms with van der Waals surface area (Å²) in [5, 5.41) is 5.66. The van der Waals surface area contributed by atoms with Gasteiger partial charge >= 0.3 is 6.09 Å². The van der Waals surface area contributed by atoms with Crippen LogP contribution < -0.4 is 10.6 Å². The van der Waals surface area contributed by atoms with Gasteiger partial charge in [-0.05, 0) is 38.1 Å². The van der Waals surface area contributed by atoms with Gasteiger partial charge in [-0.1, -0.05) is 0 Å². The van der Waals surface area contributed by atoms with Gasteiger partial charge in [-0.3, -0.25) is 5.32 Å². The van der Waals surface area contributed by atoms with Crippen LogP contribution in [-0.4, -0.2) is 39.2 Å². The lowest BCUT2D eigenvalue weighted by atomic mass is 10.2. The van der Waals surface area contributed by atoms with E-state index in [1.54, 1.807) is 38.1 Å². The molecule has 1 rings (SSSR count). The Hall–Kier alpha value is -1.76. The van der Waals surface area contributed by atoms with Crippen molar-refractivity contribution in [3.8, 4) is 0 Å². The van der Waals surface area contributed by atoms with Crippen molar-refractivity contribution >= 4 is 27.3 Å². The Labute approximate surface area is 119 Å². The molecule has 20 heavy (non-hydrogen) atoms. The van der Waals surface area contributed by atoms with Crippen molar-refractivity contribution in [3.05, 3.63) is 24.3 Å². The minimum Gasteiger partial charge on any atom is -0.450 e. The van der Waals surface area contributed by atoms with Gasteiger partial charge in [-0.15, -0.1) is 0 Å². The highest BCUT2D eigenvalue weighted by atomic mass is 32.2. The van der Waals surface area contributed by atoms with Gasteiger partial charge < -0.3 is 10.1 Å². The average Bonchev–Trinajstić information content (AvgIpc) is 2.29. The van der Waals surface area contributed by atoms with E-state index in [4.69, 9.17) is 4.74 Å². The third kappa shape index (κ3) is 6.42. The minimum atomic E-state index is -3.01. The Kier molecular flexibility index (Phi) is 5.82. The maximum Gasteiger partial charge on any atom is 0.411 e. The average molecular weight is 300 g/mol. The maximum absolute atomic E-state index is 11.2. The van der Waals surface area contributed by atoms with E-state index in [0.717, 1.165) is 5.69 Å². The zero-order valence-corrected chi connectivity index (χ0v) is 12.7. The first-order chi connectivity index (χ1) is 9.30. The van der Waals surface area contributed by atoms with Crippen LogP contribution in [0.1, 0.15) is 13.8 Å². The molecule has 0 aliphatic heterocycles. The molecule has 1 atom stereocenters. The molecule has 2 N–H and O–H groups in total. The van der Waals surface area contributed by atoms with Gasteiger partial charge in [0.05, 0.1) is 12.4 Å². The molecule has 0 saturated heterocycles. The normalized spacial score (nSPS) is 12.6. The molecule has 0 aromatic heterocycles. The first-order valence-electron chi connectivity index (χ1n) is 6.28. The third-order valence-electron chi connectivity index (χ3n) is 2.37. The summed E-state index contributed by atoms with van der Waals surface area (Å²) >= 11 is 0. The number of carbonyl (C=O) groups is 1. The second-order valence-electron chi connectivity index (χ2n) is 4.56. The van der Waals surface area contributed by atoms with Crippen LogP contribution >= 0.6 is 0 Å². The highest BCUT2D eigenvalue weighted by molar-refractivity contribution is 7.90. The number of hydrogen-bond acceptors (Lipinski definition) is 5. The van der Waals surface area contributed by atoms with Gasteiger partial charge in [0, 0.05) is 23.7 Å². The van der Waals surface area contributed by atoms with Crippen LogP contribution in [0.15, 0.2) is 24.3 Å². The topological polar surface area (TPSA) is 84.5 Å². The van der Waals surface area contributed by atoms with Gasteiger partial charge in [-0.25, -0.2) is 13.2 Å². The molecule has 0 bridgehead atoms. The smallest absolute Gasteiger partial charge is 0.411 e. The van der Waals surface area contributed by atoms with Crippen molar-refractivity contribution in [1.82, 2.24) is 0 Å². The molecule has 0 spiro atoms. The van der Waals surface area contributed by atoms with Crippen LogP contribution in [0.25, 0.3) is 0 Å². The number of nitrogens with one attached hydrogen (secondary N) is 2. The van der Waals surface area contributed by atoms with Crippen LogP contribution in [0.2, 0.25) is 0 Å². The molecular formula is C13H20N2O4S. The highest BCUT2D eigenvalue weighted by Gasteiger charge is 2.10. The molecule has 0 aliphatic rings. The predicted molar refractivity (Wildman–Crippen MR) is 79.9 cm³/mol. The molecule has 0 heterocycles. The maximum atomic E-state index is 11.2. The summed E-state index contributed by atoms with van der Waals surface area (Å²) in [5.41, 5.74) is 1.40. The van der Waals surface area contributed by atoms with Crippen molar-refractivity contribution in [2.75, 3.05) is 29.2 Å². The second-order valence-corrected chi connectivity index (χ2v) is 6.75. The van der Waals surface area contributed by atoms with Crippen LogP contribution in [-0.2, 0) is 14.6 Å². The SMILES string of the molecule is CCOC(=O)Nc1ccc(NC(C)CS(C)(=O)=O)cc1. The Bertz CT molecular complexity index is 540. The van der Waals surface area contributed by atoms with Gasteiger partial charge in [0.25, 0.3) is 0 Å². The lowest BCUT2D eigenvalue weighted by molar-refractivity contribution is 0.168. The molecule has 6 nitrogen and oxygen atoms in total. The van der Waals surface area contributed by atoms with Crippen LogP contribution in [0.5, 0.6) is 0 Å². The fraction of sp³-hybridized carbons (Fsp3) is 0.462. The molecule has 1 unspecified atom stereocenters. The zero-order chi connectivity index (χ0) is 15.2. The standard InChI is InChI=1S/C13H20N2O4S/c1-4-19-13(16)15-12-7-5-11(6-8-12)14-10(2)9-20(3,17)18/h5-8,10,14H,4,9H2,1-3H3,(H,15,16). The van der Waals surface area contributed by atoms with E-state index >= 15 is 0 Å². The van der Waals surface area contributed by atoms with Crippen molar-refractivity contribution in [1.29, 1.82) is 0 Å². The molecule has 0 fully saturated rings. The number of amides is 1. The Balaban J connectivity index is 2.56. The van der Waals surface area contributed by atoms with E-state index in [1.807, 2.05) is 0 Å². The van der Waals surface area contributed by atoms with Crippen LogP contribution in [0.3, 0.4) is 0 Å². The van der Waals surface area contributed by atoms with Crippen molar-refractivity contribution < 1.29 is 17.9 Å². The summed E-state index contributed by atoms with van der Waals surface area (Å²) in [6, 6.07) is 6.77. The number of benzene rings is 1. The van der Waals surface area contributed by atoms with Crippen molar-refractivity contribution in [3.63, 3.8) is 0 Å². The molecule has 0 radical (unpaired) electrons. The van der Waals surface area contributed by atoms with Gasteiger partial charge in [0.1, 0.15) is 9.84 Å². The zero-order valence-electron chi connectivity index (χ0n) is 11.8. The molecule has 0 saturated carbocycles. The molecule has 1 aromatic carbocycles. The molecule has 7 heteroatoms. The van der Waals surface area contributed by atoms with Crippen LogP contribution in [0.4, 0.5) is 16.2 Å². The summed E-state index contributed by atoms with van der Waals surface area (Å²) in [6.07, 6.45) is 0.705. The predicted octanol–water partition coefficient (Wildman–Crippen LogP) is 2.10. The lowest BCUT2D eigenvalue weighted by Crippen LogP contribution is -2.24. The monoisotopic (exact) mass is 300 g/mol. The Morgan fingerprint density at radius 2 is 1.80 bits per heavy atom. The van der Waals surface area contributed by atoms with Crippen molar-refractivity contribution in [2.24, 2.45) is 0 Å². The number of rotatable bonds is 6. The number of anilines is 2. The first kappa shape index (κ1) is 16.3. The lowest BCUT2D eigenvalue weighted by Gasteiger charge is -2.14. The van der Waals surface area contributed by atoms with E-state index in [2.05, 4.69) is 10.6 Å². The minimum absolute atomic E-state index is 0.0653. The van der Waals surface area contributed by atoms with Gasteiger partial charge in [-0.2, -0.15) is 0 Å². The molecule has 1 aromatic rings. The molecule has 112 valence electrons. The number of sulfone groups is 1. The van der Waals surface area contributed by atoms with E-state index in [9.17, 15) is 13.2 Å². The summed E-state index contributed by atoms with van der Waals surface area (Å²) in [7, 11) is -3.01. The number of hydrogen-bond donors (Lipinski definition) is 2. The number of carbonyl (C=O) groups excluding carboxylic acids is 1. The molecule has 0 aliphatic carbocycles. The Morgan fingerprint density at radius 1 is 1.25 bits per heavy atom. The van der Waals surface area contributed by atoms with E-state index in [0.29, 0.717) is 12.3 Å². The van der Waals surface area contributed by atoms with Gasteiger partial charge in [0.2, 0.25) is 0 Å². The highest BCUT2D eigenvalue weighted by Crippen LogP contribution is 2.15. The fourth-order valence-corrected chi connectivity index (χ4v) is 2.71. The summed E-state index contributed by atoms with van der Waals surface area (Å²) in [5.74, 6) is 0.0653. The Morgan fingerprint density at radius 3 is 2.30 bits per heavy atom. The largest absolute Gasteiger partial charge is 0.450 e. The van der Waals surface area contributed by atoms with E-state index in [1.165, 1.54) is 6.26 Å². The van der Waals surface area contributed by atoms with Crippen LogP contribution in [0, 0.1) is 0 Å². The van der Waals surface area contributed by atoms with E-state index < -0.39 is 15.9 Å². The van der Waals surface area contributed by atoms with Crippen molar-refractivity contribution in [2.45, 2.75) is 19.9 Å². The summed E-state index contributed by atoms with van der Waals surface area (Å²) < 4.78 is 27.1. The first-order valence-corrected chi connectivity index (χ1v) is 8.34. The summed E-state index contributed by atoms with van der Waals surface area (Å²) in [6.45, 7) is 3.84. The van der Waals surface area contributed by atoms with E-state index in [-0.39, 0.29) is 11.8 Å². The quantitative estimate of drug-likeness (QED) is 0.840. The van der Waals surface area contributed by atoms with Gasteiger partial charge in [0.15, 0.2) is 0 Å². The molecule has 1 amide bonds. The fourth-order valence-electron chi connectivity index (χ4n) is 1.72. The molecular weight excluding hydrogens is 280 g/mol. The third-order valence-corrected chi connectivity index (χ3v) is 3.48. The number of ether oxygens (including phenoxy) is 1. The summed E-state index contributed by atoms with van der Waals surface area (Å²) in [4.78, 5) is 11.2. The second kappa shape index (κ2) is 7.14.